The summed E-state index contributed by atoms with van der Waals surface area (Å²) in [5.41, 5.74) is 0. The lowest BCUT2D eigenvalue weighted by molar-refractivity contribution is -0.161. The van der Waals surface area contributed by atoms with Gasteiger partial charge in [-0.3, -0.25) is 37.3 Å². The lowest BCUT2D eigenvalue weighted by atomic mass is 10.0. The van der Waals surface area contributed by atoms with Crippen molar-refractivity contribution in [2.75, 3.05) is 39.6 Å². The summed E-state index contributed by atoms with van der Waals surface area (Å²) < 4.78 is 68.3. The molecule has 19 heteroatoms. The number of aliphatic hydroxyl groups excluding tert-OH is 1. The Morgan fingerprint density at radius 2 is 0.583 bits per heavy atom. The standard InChI is InChI=1S/C77H136O17P2/c1-5-9-13-17-21-25-29-33-35-39-41-45-49-53-57-61-74(79)87-67-72(93-76(81)63-59-55-51-47-43-37-31-27-23-19-15-11-7-3)69-91-95(83,84)89-65-71(78)66-90-96(85,86)92-70-73(94-77(82)64-60-56-52-48-44-38-32-28-24-20-16-12-8-4)68-88-75(80)62-58-54-50-46-42-40-36-34-30-26-22-18-14-10-6-2/h9,13,21-22,25-26,33-36,41,45,53,57,71-73,78H,5-8,10-12,14-20,23-24,27-32,37-40,42-44,46-52,54-56,58-70H2,1-4H3,(H,83,84)(H,85,86)/b13-9-,25-21-,26-22-,35-33-,36-34-,45-41-,57-53-. The van der Waals surface area contributed by atoms with Gasteiger partial charge in [0.25, 0.3) is 0 Å². The van der Waals surface area contributed by atoms with Crippen molar-refractivity contribution in [1.29, 1.82) is 0 Å². The van der Waals surface area contributed by atoms with Crippen LogP contribution in [0.25, 0.3) is 0 Å². The van der Waals surface area contributed by atoms with E-state index in [1.807, 2.05) is 18.2 Å². The van der Waals surface area contributed by atoms with Crippen LogP contribution in [0.4, 0.5) is 0 Å². The van der Waals surface area contributed by atoms with Crippen molar-refractivity contribution in [1.82, 2.24) is 0 Å². The minimum absolute atomic E-state index is 0.0677. The van der Waals surface area contributed by atoms with Gasteiger partial charge in [-0.25, -0.2) is 9.13 Å². The van der Waals surface area contributed by atoms with E-state index in [1.165, 1.54) is 122 Å². The predicted molar refractivity (Wildman–Crippen MR) is 390 cm³/mol. The minimum Gasteiger partial charge on any atom is -0.462 e. The highest BCUT2D eigenvalue weighted by atomic mass is 31.2. The first-order valence-corrected chi connectivity index (χ1v) is 40.8. The molecular weight excluding hydrogens is 1260 g/mol. The van der Waals surface area contributed by atoms with Gasteiger partial charge in [-0.2, -0.15) is 0 Å². The normalized spacial score (nSPS) is 14.4. The SMILES string of the molecule is CC/C=C\C/C=C\C/C=C\C/C=C\C/C=C\CC(=O)OCC(COP(=O)(O)OCC(O)COP(=O)(O)OCC(COC(=O)CCCCCCC/C=C\C/C=C\CCCCC)OC(=O)CCCCCCCCCCCCCCC)OC(=O)CCCCCCCCCCCCCCC. The predicted octanol–water partition coefficient (Wildman–Crippen LogP) is 21.4. The number of carbonyl (C=O) groups excluding carboxylic acids is 4. The zero-order valence-electron chi connectivity index (χ0n) is 60.5. The van der Waals surface area contributed by atoms with E-state index in [-0.39, 0.29) is 25.7 Å². The second-order valence-electron chi connectivity index (χ2n) is 25.2. The summed E-state index contributed by atoms with van der Waals surface area (Å²) in [6.45, 7) is 4.64. The number of phosphoric acid groups is 2. The van der Waals surface area contributed by atoms with Gasteiger partial charge < -0.3 is 33.8 Å². The highest BCUT2D eigenvalue weighted by Crippen LogP contribution is 2.45. The zero-order valence-corrected chi connectivity index (χ0v) is 62.3. The van der Waals surface area contributed by atoms with E-state index in [1.54, 1.807) is 6.08 Å². The number of unbranched alkanes of at least 4 members (excludes halogenated alkanes) is 32. The number of aliphatic hydroxyl groups is 1. The van der Waals surface area contributed by atoms with E-state index in [9.17, 15) is 43.2 Å². The molecule has 17 nitrogen and oxygen atoms in total. The molecule has 5 atom stereocenters. The van der Waals surface area contributed by atoms with Crippen molar-refractivity contribution in [3.8, 4) is 0 Å². The van der Waals surface area contributed by atoms with Crippen LogP contribution in [0.3, 0.4) is 0 Å². The van der Waals surface area contributed by atoms with Crippen molar-refractivity contribution in [2.24, 2.45) is 0 Å². The van der Waals surface area contributed by atoms with Crippen LogP contribution in [-0.2, 0) is 65.4 Å². The third-order valence-electron chi connectivity index (χ3n) is 15.9. The van der Waals surface area contributed by atoms with Gasteiger partial charge in [-0.15, -0.1) is 0 Å². The number of carbonyl (C=O) groups is 4. The van der Waals surface area contributed by atoms with Crippen LogP contribution in [0.15, 0.2) is 85.1 Å². The van der Waals surface area contributed by atoms with Gasteiger partial charge in [0.05, 0.1) is 32.8 Å². The van der Waals surface area contributed by atoms with E-state index in [4.69, 9.17) is 37.0 Å². The Balaban J connectivity index is 5.39. The lowest BCUT2D eigenvalue weighted by Crippen LogP contribution is -2.30. The van der Waals surface area contributed by atoms with Gasteiger partial charge in [-0.05, 0) is 83.5 Å². The average Bonchev–Trinajstić information content (AvgIpc) is 1.14. The summed E-state index contributed by atoms with van der Waals surface area (Å²) in [6, 6.07) is 0. The summed E-state index contributed by atoms with van der Waals surface area (Å²) in [4.78, 5) is 72.7. The summed E-state index contributed by atoms with van der Waals surface area (Å²) >= 11 is 0. The van der Waals surface area contributed by atoms with Gasteiger partial charge in [0, 0.05) is 19.3 Å². The largest absolute Gasteiger partial charge is 0.472 e. The molecule has 0 fully saturated rings. The minimum atomic E-state index is -4.99. The van der Waals surface area contributed by atoms with Crippen molar-refractivity contribution >= 4 is 39.5 Å². The molecule has 0 saturated heterocycles. The van der Waals surface area contributed by atoms with E-state index in [0.29, 0.717) is 25.7 Å². The van der Waals surface area contributed by atoms with Crippen LogP contribution in [0, 0.1) is 0 Å². The maximum absolute atomic E-state index is 13.1. The summed E-state index contributed by atoms with van der Waals surface area (Å²) in [6.07, 6.45) is 70.3. The molecule has 5 unspecified atom stereocenters. The summed E-state index contributed by atoms with van der Waals surface area (Å²) in [5, 5.41) is 10.6. The van der Waals surface area contributed by atoms with E-state index >= 15 is 0 Å². The van der Waals surface area contributed by atoms with Gasteiger partial charge >= 0.3 is 39.5 Å². The van der Waals surface area contributed by atoms with Crippen LogP contribution in [-0.4, -0.2) is 96.7 Å². The summed E-state index contributed by atoms with van der Waals surface area (Å²) in [5.74, 6) is -2.32. The van der Waals surface area contributed by atoms with Gasteiger partial charge in [0.1, 0.15) is 19.3 Å². The first-order chi connectivity index (χ1) is 46.7. The molecule has 0 rings (SSSR count). The van der Waals surface area contributed by atoms with Crippen molar-refractivity contribution in [3.05, 3.63) is 85.1 Å². The molecule has 0 bridgehead atoms. The fourth-order valence-electron chi connectivity index (χ4n) is 10.1. The summed E-state index contributed by atoms with van der Waals surface area (Å²) in [7, 11) is -9.96. The highest BCUT2D eigenvalue weighted by molar-refractivity contribution is 7.47. The van der Waals surface area contributed by atoms with Crippen molar-refractivity contribution in [2.45, 2.75) is 341 Å². The van der Waals surface area contributed by atoms with Crippen LogP contribution >= 0.6 is 15.6 Å². The van der Waals surface area contributed by atoms with Gasteiger partial charge in [0.15, 0.2) is 12.2 Å². The lowest BCUT2D eigenvalue weighted by Gasteiger charge is -2.21. The molecule has 0 aromatic rings. The Bertz CT molecular complexity index is 2160. The van der Waals surface area contributed by atoms with Gasteiger partial charge in [-0.1, -0.05) is 299 Å². The number of hydrogen-bond acceptors (Lipinski definition) is 15. The monoisotopic (exact) mass is 1390 g/mol. The molecule has 0 aliphatic carbocycles. The molecule has 0 saturated carbocycles. The zero-order chi connectivity index (χ0) is 70.4. The maximum atomic E-state index is 13.1. The van der Waals surface area contributed by atoms with Crippen molar-refractivity contribution < 1.29 is 80.2 Å². The third kappa shape index (κ3) is 68.8. The first-order valence-electron chi connectivity index (χ1n) is 37.8. The van der Waals surface area contributed by atoms with Crippen LogP contribution in [0.2, 0.25) is 0 Å². The van der Waals surface area contributed by atoms with Gasteiger partial charge in [0.2, 0.25) is 0 Å². The van der Waals surface area contributed by atoms with Crippen LogP contribution in [0.1, 0.15) is 323 Å². The Morgan fingerprint density at radius 1 is 0.312 bits per heavy atom. The Morgan fingerprint density at radius 3 is 0.948 bits per heavy atom. The number of rotatable bonds is 71. The average molecular weight is 1400 g/mol. The quantitative estimate of drug-likeness (QED) is 0.0169. The molecule has 0 amide bonds. The molecule has 0 heterocycles. The van der Waals surface area contributed by atoms with E-state index in [0.717, 1.165) is 122 Å². The number of esters is 4. The first kappa shape index (κ1) is 92.2. The molecule has 0 aromatic carbocycles. The fourth-order valence-corrected chi connectivity index (χ4v) is 11.7. The Kier molecular flexibility index (Phi) is 67.0. The molecular formula is C77H136O17P2. The smallest absolute Gasteiger partial charge is 0.462 e. The molecule has 3 N–H and O–H groups in total. The second-order valence-corrected chi connectivity index (χ2v) is 28.1. The number of hydrogen-bond donors (Lipinski definition) is 3. The maximum Gasteiger partial charge on any atom is 0.472 e. The molecule has 0 spiro atoms. The second kappa shape index (κ2) is 69.7. The molecule has 0 aromatic heterocycles. The molecule has 0 radical (unpaired) electrons. The molecule has 0 aliphatic heterocycles. The topological polar surface area (TPSA) is 237 Å². The number of phosphoric ester groups is 2. The Hall–Kier alpha value is -3.76. The van der Waals surface area contributed by atoms with Crippen LogP contribution < -0.4 is 0 Å². The van der Waals surface area contributed by atoms with E-state index in [2.05, 4.69) is 88.5 Å². The Labute approximate surface area is 583 Å². The van der Waals surface area contributed by atoms with Crippen molar-refractivity contribution in [3.63, 3.8) is 0 Å². The highest BCUT2D eigenvalue weighted by Gasteiger charge is 2.30. The number of ether oxygens (including phenoxy) is 4. The van der Waals surface area contributed by atoms with Crippen LogP contribution in [0.5, 0.6) is 0 Å². The third-order valence-corrected chi connectivity index (χ3v) is 17.8. The number of allylic oxidation sites excluding steroid dienone is 13. The fraction of sp³-hybridized carbons (Fsp3) is 0.766. The van der Waals surface area contributed by atoms with E-state index < -0.39 is 97.5 Å². The molecule has 96 heavy (non-hydrogen) atoms. The molecule has 556 valence electrons. The molecule has 0 aliphatic rings.